The van der Waals surface area contributed by atoms with Crippen molar-refractivity contribution in [1.82, 2.24) is 9.21 Å². The van der Waals surface area contributed by atoms with Crippen LogP contribution in [0.2, 0.25) is 0 Å². The second-order valence-electron chi connectivity index (χ2n) is 3.59. The summed E-state index contributed by atoms with van der Waals surface area (Å²) in [6, 6.07) is 0. The molecule has 16 heavy (non-hydrogen) atoms. The molecule has 1 aliphatic rings. The lowest BCUT2D eigenvalue weighted by molar-refractivity contribution is -0.302. The predicted octanol–water partition coefficient (Wildman–Crippen LogP) is -1.66. The van der Waals surface area contributed by atoms with Gasteiger partial charge in [0, 0.05) is 32.1 Å². The van der Waals surface area contributed by atoms with Gasteiger partial charge in [-0.15, -0.1) is 0 Å². The Labute approximate surface area is 96.9 Å². The first kappa shape index (κ1) is 15.3. The summed E-state index contributed by atoms with van der Waals surface area (Å²) in [5.41, 5.74) is 0. The van der Waals surface area contributed by atoms with Crippen molar-refractivity contribution in [1.29, 1.82) is 0 Å². The first-order valence-corrected chi connectivity index (χ1v) is 6.97. The lowest BCUT2D eigenvalue weighted by Crippen LogP contribution is -2.48. The van der Waals surface area contributed by atoms with Crippen molar-refractivity contribution in [2.75, 3.05) is 39.0 Å². The van der Waals surface area contributed by atoms with Gasteiger partial charge in [-0.05, 0) is 13.5 Å². The number of sulfonamides is 1. The summed E-state index contributed by atoms with van der Waals surface area (Å²) in [6.45, 7) is 7.10. The van der Waals surface area contributed by atoms with Gasteiger partial charge in [0.15, 0.2) is 0 Å². The monoisotopic (exact) mass is 251 g/mol. The van der Waals surface area contributed by atoms with Crippen molar-refractivity contribution < 1.29 is 18.3 Å². The van der Waals surface area contributed by atoms with E-state index in [1.54, 1.807) is 4.31 Å². The maximum Gasteiger partial charge on any atom is 0.211 e. The zero-order valence-corrected chi connectivity index (χ0v) is 10.8. The van der Waals surface area contributed by atoms with Gasteiger partial charge in [-0.2, -0.15) is 4.31 Å². The molecule has 0 bridgehead atoms. The van der Waals surface area contributed by atoms with Crippen LogP contribution in [0.5, 0.6) is 0 Å². The summed E-state index contributed by atoms with van der Waals surface area (Å²) >= 11 is 0. The Kier molecular flexibility index (Phi) is 6.54. The van der Waals surface area contributed by atoms with Crippen LogP contribution in [0.25, 0.3) is 0 Å². The van der Waals surface area contributed by atoms with Crippen LogP contribution in [0.3, 0.4) is 0 Å². The summed E-state index contributed by atoms with van der Waals surface area (Å²) < 4.78 is 23.7. The fourth-order valence-corrected chi connectivity index (χ4v) is 2.20. The fraction of sp³-hybridized carbons (Fsp3) is 0.889. The minimum atomic E-state index is -2.95. The first-order valence-electron chi connectivity index (χ1n) is 5.12. The molecule has 96 valence electrons. The van der Waals surface area contributed by atoms with Crippen molar-refractivity contribution in [2.45, 2.75) is 13.8 Å². The minimum absolute atomic E-state index is 0.646. The minimum Gasteiger partial charge on any atom is -0.550 e. The number of rotatable bonds is 2. The number of carboxylic acids is 1. The maximum atomic E-state index is 11.1. The molecule has 0 aromatic carbocycles. The van der Waals surface area contributed by atoms with Crippen LogP contribution in [-0.4, -0.2) is 62.6 Å². The third-order valence-corrected chi connectivity index (χ3v) is 3.55. The number of nitrogens with zero attached hydrogens (tertiary/aromatic N) is 2. The van der Waals surface area contributed by atoms with Gasteiger partial charge in [0.25, 0.3) is 0 Å². The largest absolute Gasteiger partial charge is 0.550 e. The molecule has 7 heteroatoms. The predicted molar refractivity (Wildman–Crippen MR) is 59.2 cm³/mol. The van der Waals surface area contributed by atoms with Crippen LogP contribution in [0.4, 0.5) is 0 Å². The number of hydrogen-bond acceptors (Lipinski definition) is 5. The molecule has 0 amide bonds. The molecule has 1 saturated heterocycles. The average Bonchev–Trinajstić information content (AvgIpc) is 2.16. The highest BCUT2D eigenvalue weighted by Gasteiger charge is 2.21. The van der Waals surface area contributed by atoms with E-state index >= 15 is 0 Å². The van der Waals surface area contributed by atoms with E-state index in [0.717, 1.165) is 26.6 Å². The zero-order valence-electron chi connectivity index (χ0n) is 9.97. The van der Waals surface area contributed by atoms with E-state index in [2.05, 4.69) is 11.8 Å². The third-order valence-electron chi connectivity index (χ3n) is 2.25. The molecule has 1 aliphatic heterocycles. The molecule has 1 rings (SSSR count). The second kappa shape index (κ2) is 6.82. The molecule has 0 saturated carbocycles. The van der Waals surface area contributed by atoms with Crippen molar-refractivity contribution in [3.05, 3.63) is 0 Å². The number of aliphatic carboxylic acids is 1. The Morgan fingerprint density at radius 2 is 1.62 bits per heavy atom. The van der Waals surface area contributed by atoms with Gasteiger partial charge in [-0.1, -0.05) is 6.92 Å². The smallest absolute Gasteiger partial charge is 0.211 e. The number of piperazine rings is 1. The standard InChI is InChI=1S/C7H16N2O2S.C2H4O2/c1-3-8-4-6-9(7-5-8)12(2,10)11;1-2(3)4/h3-7H2,1-2H3;1H3,(H,3,4)/p-1. The summed E-state index contributed by atoms with van der Waals surface area (Å²) in [7, 11) is -2.95. The van der Waals surface area contributed by atoms with E-state index < -0.39 is 16.0 Å². The van der Waals surface area contributed by atoms with E-state index in [1.807, 2.05) is 0 Å². The van der Waals surface area contributed by atoms with Crippen LogP contribution in [0.1, 0.15) is 13.8 Å². The van der Waals surface area contributed by atoms with Gasteiger partial charge >= 0.3 is 0 Å². The van der Waals surface area contributed by atoms with Crippen LogP contribution in [0.15, 0.2) is 0 Å². The molecule has 0 spiro atoms. The summed E-state index contributed by atoms with van der Waals surface area (Å²) in [6.07, 6.45) is 1.27. The van der Waals surface area contributed by atoms with Crippen molar-refractivity contribution in [3.8, 4) is 0 Å². The molecule has 0 unspecified atom stereocenters. The number of carboxylic acid groups (broad SMARTS) is 1. The quantitative estimate of drug-likeness (QED) is 0.587. The Bertz CT molecular complexity index is 303. The van der Waals surface area contributed by atoms with Gasteiger partial charge < -0.3 is 14.8 Å². The summed E-state index contributed by atoms with van der Waals surface area (Å²) in [5.74, 6) is -1.08. The topological polar surface area (TPSA) is 80.8 Å². The van der Waals surface area contributed by atoms with Gasteiger partial charge in [0.05, 0.1) is 6.26 Å². The zero-order chi connectivity index (χ0) is 12.8. The lowest BCUT2D eigenvalue weighted by atomic mass is 10.4. The molecule has 0 aromatic rings. The average molecular weight is 251 g/mol. The molecule has 0 atom stereocenters. The molecule has 6 nitrogen and oxygen atoms in total. The molecule has 0 radical (unpaired) electrons. The Morgan fingerprint density at radius 3 is 1.88 bits per heavy atom. The molecule has 1 fully saturated rings. The molecule has 0 aliphatic carbocycles. The molecule has 0 N–H and O–H groups in total. The first-order chi connectivity index (χ1) is 7.27. The number of carbonyl (C=O) groups is 1. The van der Waals surface area contributed by atoms with Gasteiger partial charge in [-0.3, -0.25) is 0 Å². The second-order valence-corrected chi connectivity index (χ2v) is 5.57. The van der Waals surface area contributed by atoms with Crippen molar-refractivity contribution >= 4 is 16.0 Å². The number of hydrogen-bond donors (Lipinski definition) is 0. The van der Waals surface area contributed by atoms with E-state index in [1.165, 1.54) is 6.26 Å². The number of carbonyl (C=O) groups excluding carboxylic acids is 1. The van der Waals surface area contributed by atoms with E-state index in [-0.39, 0.29) is 0 Å². The molecular formula is C9H19N2O4S-. The van der Waals surface area contributed by atoms with E-state index in [4.69, 9.17) is 9.90 Å². The Morgan fingerprint density at radius 1 is 1.25 bits per heavy atom. The Balaban J connectivity index is 0.000000487. The van der Waals surface area contributed by atoms with Gasteiger partial charge in [-0.25, -0.2) is 8.42 Å². The molecule has 0 aromatic heterocycles. The SMILES string of the molecule is CC(=O)[O-].CCN1CCN(S(C)(=O)=O)CC1. The highest BCUT2D eigenvalue weighted by atomic mass is 32.2. The van der Waals surface area contributed by atoms with E-state index in [9.17, 15) is 8.42 Å². The van der Waals surface area contributed by atoms with Gasteiger partial charge in [0.2, 0.25) is 10.0 Å². The van der Waals surface area contributed by atoms with Crippen LogP contribution < -0.4 is 5.11 Å². The number of likely N-dealkylation sites (N-methyl/N-ethyl adjacent to an activating group) is 1. The van der Waals surface area contributed by atoms with Crippen molar-refractivity contribution in [3.63, 3.8) is 0 Å². The van der Waals surface area contributed by atoms with Crippen LogP contribution in [-0.2, 0) is 14.8 Å². The summed E-state index contributed by atoms with van der Waals surface area (Å²) in [5, 5.41) is 8.89. The normalized spacial score (nSPS) is 18.7. The molecule has 1 heterocycles. The fourth-order valence-electron chi connectivity index (χ4n) is 1.38. The summed E-state index contributed by atoms with van der Waals surface area (Å²) in [4.78, 5) is 11.1. The lowest BCUT2D eigenvalue weighted by Gasteiger charge is -2.32. The van der Waals surface area contributed by atoms with Crippen LogP contribution >= 0.6 is 0 Å². The highest BCUT2D eigenvalue weighted by molar-refractivity contribution is 7.88. The van der Waals surface area contributed by atoms with Crippen molar-refractivity contribution in [2.24, 2.45) is 0 Å². The van der Waals surface area contributed by atoms with Gasteiger partial charge in [0.1, 0.15) is 0 Å². The van der Waals surface area contributed by atoms with Crippen LogP contribution in [0, 0.1) is 0 Å². The molecular weight excluding hydrogens is 232 g/mol. The highest BCUT2D eigenvalue weighted by Crippen LogP contribution is 2.04. The maximum absolute atomic E-state index is 11.1. The van der Waals surface area contributed by atoms with E-state index in [0.29, 0.717) is 13.1 Å². The third kappa shape index (κ3) is 6.76. The Hall–Kier alpha value is -0.660.